The molecule has 0 spiro atoms. The lowest BCUT2D eigenvalue weighted by Crippen LogP contribution is -2.39. The van der Waals surface area contributed by atoms with Crippen LogP contribution in [0, 0.1) is 0 Å². The number of hydrogen-bond acceptors (Lipinski definition) is 3. The van der Waals surface area contributed by atoms with Crippen LogP contribution < -0.4 is 5.32 Å². The number of likely N-dealkylation sites (tertiary alicyclic amines) is 1. The Morgan fingerprint density at radius 3 is 3.06 bits per heavy atom. The van der Waals surface area contributed by atoms with Gasteiger partial charge in [-0.3, -0.25) is 0 Å². The molecule has 1 aromatic rings. The van der Waals surface area contributed by atoms with Crippen molar-refractivity contribution >= 4 is 21.6 Å². The van der Waals surface area contributed by atoms with E-state index in [9.17, 15) is 0 Å². The van der Waals surface area contributed by atoms with Crippen molar-refractivity contribution in [3.63, 3.8) is 0 Å². The largest absolute Gasteiger partial charge is 0.381 e. The van der Waals surface area contributed by atoms with Crippen LogP contribution in [0.3, 0.4) is 0 Å². The third kappa shape index (κ3) is 3.46. The van der Waals surface area contributed by atoms with Crippen LogP contribution in [0.4, 0.5) is 5.69 Å². The predicted molar refractivity (Wildman–Crippen MR) is 79.0 cm³/mol. The van der Waals surface area contributed by atoms with E-state index in [1.54, 1.807) is 7.11 Å². The van der Waals surface area contributed by atoms with Crippen LogP contribution in [0.25, 0.3) is 0 Å². The quantitative estimate of drug-likeness (QED) is 0.924. The van der Waals surface area contributed by atoms with Gasteiger partial charge in [0.25, 0.3) is 0 Å². The number of nitrogens with zero attached hydrogens (tertiary/aromatic N) is 1. The van der Waals surface area contributed by atoms with E-state index in [0.29, 0.717) is 12.6 Å². The molecule has 2 rings (SSSR count). The van der Waals surface area contributed by atoms with Crippen molar-refractivity contribution in [1.29, 1.82) is 0 Å². The molecule has 1 aromatic carbocycles. The molecule has 0 aliphatic carbocycles. The first-order valence-corrected chi connectivity index (χ1v) is 7.21. The Balaban J connectivity index is 2.10. The Hall–Kier alpha value is -0.580. The van der Waals surface area contributed by atoms with E-state index in [1.165, 1.54) is 30.6 Å². The highest BCUT2D eigenvalue weighted by Gasteiger charge is 2.18. The molecule has 1 heterocycles. The summed E-state index contributed by atoms with van der Waals surface area (Å²) in [5, 5.41) is 3.65. The van der Waals surface area contributed by atoms with Gasteiger partial charge in [-0.05, 0) is 38.6 Å². The summed E-state index contributed by atoms with van der Waals surface area (Å²) in [6, 6.07) is 6.80. The number of likely N-dealkylation sites (N-methyl/N-ethyl adjacent to an activating group) is 1. The van der Waals surface area contributed by atoms with E-state index in [4.69, 9.17) is 4.74 Å². The number of rotatable bonds is 4. The predicted octanol–water partition coefficient (Wildman–Crippen LogP) is 3.10. The lowest BCUT2D eigenvalue weighted by Gasteiger charge is -2.31. The van der Waals surface area contributed by atoms with Crippen molar-refractivity contribution in [1.82, 2.24) is 4.90 Å². The van der Waals surface area contributed by atoms with Gasteiger partial charge in [-0.15, -0.1) is 0 Å². The molecule has 4 heteroatoms. The molecule has 0 amide bonds. The Bertz CT molecular complexity index is 397. The number of hydrogen-bond donors (Lipinski definition) is 1. The van der Waals surface area contributed by atoms with Gasteiger partial charge in [-0.2, -0.15) is 0 Å². The number of piperidine rings is 1. The SMILES string of the molecule is COCc1c(Br)cccc1NC1CCCN(C)C1. The number of benzene rings is 1. The van der Waals surface area contributed by atoms with Gasteiger partial charge in [-0.1, -0.05) is 22.0 Å². The lowest BCUT2D eigenvalue weighted by atomic mass is 10.0. The minimum Gasteiger partial charge on any atom is -0.381 e. The smallest absolute Gasteiger partial charge is 0.0744 e. The lowest BCUT2D eigenvalue weighted by molar-refractivity contribution is 0.184. The van der Waals surface area contributed by atoms with E-state index >= 15 is 0 Å². The van der Waals surface area contributed by atoms with Gasteiger partial charge < -0.3 is 15.0 Å². The van der Waals surface area contributed by atoms with Crippen molar-refractivity contribution in [3.8, 4) is 0 Å². The normalized spacial score (nSPS) is 20.9. The van der Waals surface area contributed by atoms with Gasteiger partial charge in [0.15, 0.2) is 0 Å². The molecule has 1 saturated heterocycles. The van der Waals surface area contributed by atoms with Gasteiger partial charge in [0.05, 0.1) is 6.61 Å². The van der Waals surface area contributed by atoms with Gasteiger partial charge in [-0.25, -0.2) is 0 Å². The van der Waals surface area contributed by atoms with E-state index in [0.717, 1.165) is 11.0 Å². The first-order valence-electron chi connectivity index (χ1n) is 6.42. The number of halogens is 1. The van der Waals surface area contributed by atoms with Crippen molar-refractivity contribution in [3.05, 3.63) is 28.2 Å². The fraction of sp³-hybridized carbons (Fsp3) is 0.571. The van der Waals surface area contributed by atoms with Gasteiger partial charge in [0.1, 0.15) is 0 Å². The maximum Gasteiger partial charge on any atom is 0.0744 e. The molecule has 0 bridgehead atoms. The second kappa shape index (κ2) is 6.55. The fourth-order valence-electron chi connectivity index (χ4n) is 2.49. The Morgan fingerprint density at radius 1 is 1.50 bits per heavy atom. The van der Waals surface area contributed by atoms with Gasteiger partial charge in [0, 0.05) is 35.4 Å². The Kier molecular flexibility index (Phi) is 5.03. The van der Waals surface area contributed by atoms with Crippen molar-refractivity contribution in [2.24, 2.45) is 0 Å². The molecule has 1 fully saturated rings. The average molecular weight is 313 g/mol. The van der Waals surface area contributed by atoms with E-state index in [-0.39, 0.29) is 0 Å². The molecule has 1 N–H and O–H groups in total. The van der Waals surface area contributed by atoms with Gasteiger partial charge >= 0.3 is 0 Å². The maximum absolute atomic E-state index is 5.28. The summed E-state index contributed by atoms with van der Waals surface area (Å²) in [6.45, 7) is 2.95. The van der Waals surface area contributed by atoms with Crippen molar-refractivity contribution in [2.75, 3.05) is 32.6 Å². The third-order valence-corrected chi connectivity index (χ3v) is 4.13. The first kappa shape index (κ1) is 13.8. The monoisotopic (exact) mass is 312 g/mol. The number of anilines is 1. The van der Waals surface area contributed by atoms with Crippen LogP contribution in [0.15, 0.2) is 22.7 Å². The summed E-state index contributed by atoms with van der Waals surface area (Å²) in [5.74, 6) is 0. The summed E-state index contributed by atoms with van der Waals surface area (Å²) < 4.78 is 6.39. The molecular weight excluding hydrogens is 292 g/mol. The molecule has 1 aliphatic rings. The highest BCUT2D eigenvalue weighted by Crippen LogP contribution is 2.27. The topological polar surface area (TPSA) is 24.5 Å². The zero-order valence-corrected chi connectivity index (χ0v) is 12.7. The molecule has 0 saturated carbocycles. The number of methoxy groups -OCH3 is 1. The zero-order chi connectivity index (χ0) is 13.0. The van der Waals surface area contributed by atoms with Crippen LogP contribution in [0.1, 0.15) is 18.4 Å². The molecule has 100 valence electrons. The fourth-order valence-corrected chi connectivity index (χ4v) is 2.97. The zero-order valence-electron chi connectivity index (χ0n) is 11.1. The van der Waals surface area contributed by atoms with Crippen LogP contribution in [0.5, 0.6) is 0 Å². The maximum atomic E-state index is 5.28. The molecule has 1 aliphatic heterocycles. The second-order valence-corrected chi connectivity index (χ2v) is 5.80. The Morgan fingerprint density at radius 2 is 2.33 bits per heavy atom. The minimum absolute atomic E-state index is 0.536. The average Bonchev–Trinajstić information content (AvgIpc) is 2.34. The third-order valence-electron chi connectivity index (χ3n) is 3.39. The molecule has 3 nitrogen and oxygen atoms in total. The second-order valence-electron chi connectivity index (χ2n) is 4.94. The minimum atomic E-state index is 0.536. The van der Waals surface area contributed by atoms with E-state index < -0.39 is 0 Å². The number of ether oxygens (including phenoxy) is 1. The summed E-state index contributed by atoms with van der Waals surface area (Å²) in [7, 11) is 3.92. The molecule has 18 heavy (non-hydrogen) atoms. The molecule has 1 unspecified atom stereocenters. The molecule has 0 radical (unpaired) electrons. The van der Waals surface area contributed by atoms with Crippen LogP contribution >= 0.6 is 15.9 Å². The highest BCUT2D eigenvalue weighted by molar-refractivity contribution is 9.10. The molecular formula is C14H21BrN2O. The van der Waals surface area contributed by atoms with E-state index in [2.05, 4.69) is 51.4 Å². The van der Waals surface area contributed by atoms with Crippen LogP contribution in [-0.4, -0.2) is 38.2 Å². The summed E-state index contributed by atoms with van der Waals surface area (Å²) >= 11 is 3.59. The van der Waals surface area contributed by atoms with Gasteiger partial charge in [0.2, 0.25) is 0 Å². The highest BCUT2D eigenvalue weighted by atomic mass is 79.9. The standard InChI is InChI=1S/C14H21BrN2O/c1-17-8-4-5-11(9-17)16-14-7-3-6-13(15)12(14)10-18-2/h3,6-7,11,16H,4-5,8-10H2,1-2H3. The summed E-state index contributed by atoms with van der Waals surface area (Å²) in [4.78, 5) is 2.38. The van der Waals surface area contributed by atoms with Crippen LogP contribution in [0.2, 0.25) is 0 Å². The molecule has 1 atom stereocenters. The van der Waals surface area contributed by atoms with Crippen molar-refractivity contribution < 1.29 is 4.74 Å². The first-order chi connectivity index (χ1) is 8.70. The molecule has 0 aromatic heterocycles. The summed E-state index contributed by atoms with van der Waals surface area (Å²) in [5.41, 5.74) is 2.39. The van der Waals surface area contributed by atoms with E-state index in [1.807, 2.05) is 0 Å². The van der Waals surface area contributed by atoms with Crippen LogP contribution in [-0.2, 0) is 11.3 Å². The number of nitrogens with one attached hydrogen (secondary N) is 1. The summed E-state index contributed by atoms with van der Waals surface area (Å²) in [6.07, 6.45) is 2.51. The Labute approximate surface area is 118 Å². The van der Waals surface area contributed by atoms with Crippen molar-refractivity contribution in [2.45, 2.75) is 25.5 Å².